The van der Waals surface area contributed by atoms with E-state index in [9.17, 15) is 14.7 Å². The number of hydrogen-bond acceptors (Lipinski definition) is 6. The summed E-state index contributed by atoms with van der Waals surface area (Å²) >= 11 is 5.92. The zero-order valence-electron chi connectivity index (χ0n) is 12.2. The van der Waals surface area contributed by atoms with Gasteiger partial charge in [0.1, 0.15) is 11.4 Å². The van der Waals surface area contributed by atoms with Crippen LogP contribution in [0.3, 0.4) is 0 Å². The predicted molar refractivity (Wildman–Crippen MR) is 86.3 cm³/mol. The maximum atomic E-state index is 12.1. The van der Waals surface area contributed by atoms with Gasteiger partial charge in [-0.3, -0.25) is 0 Å². The number of aromatic hydroxyl groups is 1. The van der Waals surface area contributed by atoms with E-state index in [4.69, 9.17) is 21.1 Å². The van der Waals surface area contributed by atoms with E-state index in [1.807, 2.05) is 0 Å². The minimum absolute atomic E-state index is 0.0486. The topological polar surface area (TPSA) is 84.9 Å². The lowest BCUT2D eigenvalue weighted by Gasteiger charge is -2.16. The Hall–Kier alpha value is -2.99. The van der Waals surface area contributed by atoms with Gasteiger partial charge in [-0.05, 0) is 24.3 Å². The van der Waals surface area contributed by atoms with Crippen LogP contribution in [0.5, 0.6) is 5.75 Å². The van der Waals surface area contributed by atoms with E-state index in [-0.39, 0.29) is 16.5 Å². The Bertz CT molecular complexity index is 819. The number of halogens is 1. The number of cyclic esters (lactones) is 1. The van der Waals surface area contributed by atoms with E-state index >= 15 is 0 Å². The van der Waals surface area contributed by atoms with E-state index in [1.165, 1.54) is 6.07 Å². The second kappa shape index (κ2) is 6.64. The summed E-state index contributed by atoms with van der Waals surface area (Å²) in [5, 5.41) is 12.3. The highest BCUT2D eigenvalue weighted by molar-refractivity contribution is 6.42. The third-order valence-electron chi connectivity index (χ3n) is 3.26. The van der Waals surface area contributed by atoms with Crippen LogP contribution in [-0.4, -0.2) is 23.3 Å². The van der Waals surface area contributed by atoms with Crippen molar-refractivity contribution >= 4 is 29.2 Å². The molecule has 1 aliphatic heterocycles. The summed E-state index contributed by atoms with van der Waals surface area (Å²) in [6, 6.07) is 14.6. The zero-order chi connectivity index (χ0) is 17.1. The molecular weight excluding hydrogens is 334 g/mol. The molecule has 2 aromatic rings. The zero-order valence-corrected chi connectivity index (χ0v) is 13.0. The summed E-state index contributed by atoms with van der Waals surface area (Å²) in [7, 11) is 0. The van der Waals surface area contributed by atoms with Crippen molar-refractivity contribution in [2.24, 2.45) is 0 Å². The maximum Gasteiger partial charge on any atom is 0.355 e. The quantitative estimate of drug-likeness (QED) is 0.654. The molecule has 7 heteroatoms. The van der Waals surface area contributed by atoms with Crippen LogP contribution in [0.1, 0.15) is 10.4 Å². The third kappa shape index (κ3) is 3.18. The number of para-hydroxylation sites is 2. The molecule has 1 aliphatic rings. The van der Waals surface area contributed by atoms with E-state index in [0.29, 0.717) is 11.3 Å². The predicted octanol–water partition coefficient (Wildman–Crippen LogP) is 2.99. The average Bonchev–Trinajstić information content (AvgIpc) is 2.85. The molecule has 0 amide bonds. The Labute approximate surface area is 142 Å². The molecule has 1 unspecified atom stereocenters. The highest BCUT2D eigenvalue weighted by atomic mass is 35.5. The van der Waals surface area contributed by atoms with Crippen LogP contribution in [0, 0.1) is 0 Å². The Balaban J connectivity index is 1.82. The number of phenolic OH excluding ortho intramolecular Hbond substituents is 1. The minimum atomic E-state index is -1.32. The Morgan fingerprint density at radius 3 is 2.50 bits per heavy atom. The number of hydrogen-bond donors (Lipinski definition) is 2. The van der Waals surface area contributed by atoms with E-state index in [1.54, 1.807) is 48.5 Å². The number of phenols is 1. The van der Waals surface area contributed by atoms with Crippen molar-refractivity contribution < 1.29 is 24.2 Å². The summed E-state index contributed by atoms with van der Waals surface area (Å²) in [6.07, 6.45) is -1.32. The average molecular weight is 346 g/mol. The maximum absolute atomic E-state index is 12.1. The molecule has 24 heavy (non-hydrogen) atoms. The SMILES string of the molecule is O=C1OC(OC(=O)c2ccccc2)C(Nc2ccccc2O)=C1Cl. The summed E-state index contributed by atoms with van der Waals surface area (Å²) in [5.74, 6) is -1.54. The van der Waals surface area contributed by atoms with Gasteiger partial charge in [-0.25, -0.2) is 9.59 Å². The number of nitrogens with one attached hydrogen (secondary N) is 1. The molecule has 0 bridgehead atoms. The number of carbonyl (C=O) groups is 2. The van der Waals surface area contributed by atoms with Crippen LogP contribution >= 0.6 is 11.6 Å². The molecule has 0 saturated carbocycles. The first-order valence-electron chi connectivity index (χ1n) is 6.98. The van der Waals surface area contributed by atoms with Gasteiger partial charge in [0, 0.05) is 0 Å². The Morgan fingerprint density at radius 1 is 1.12 bits per heavy atom. The molecule has 0 fully saturated rings. The molecule has 2 N–H and O–H groups in total. The highest BCUT2D eigenvalue weighted by Crippen LogP contribution is 2.31. The molecule has 3 rings (SSSR count). The van der Waals surface area contributed by atoms with Crippen LogP contribution in [-0.2, 0) is 14.3 Å². The number of benzene rings is 2. The fraction of sp³-hybridized carbons (Fsp3) is 0.0588. The molecule has 0 aliphatic carbocycles. The molecule has 0 saturated heterocycles. The first-order valence-corrected chi connectivity index (χ1v) is 7.36. The van der Waals surface area contributed by atoms with Gasteiger partial charge < -0.3 is 19.9 Å². The van der Waals surface area contributed by atoms with E-state index in [2.05, 4.69) is 5.32 Å². The molecule has 122 valence electrons. The Kier molecular flexibility index (Phi) is 4.39. The highest BCUT2D eigenvalue weighted by Gasteiger charge is 2.37. The number of anilines is 1. The fourth-order valence-corrected chi connectivity index (χ4v) is 2.26. The van der Waals surface area contributed by atoms with Crippen LogP contribution in [0.4, 0.5) is 5.69 Å². The summed E-state index contributed by atoms with van der Waals surface area (Å²) < 4.78 is 10.2. The molecule has 1 heterocycles. The summed E-state index contributed by atoms with van der Waals surface area (Å²) in [4.78, 5) is 23.8. The van der Waals surface area contributed by atoms with Gasteiger partial charge in [0.05, 0.1) is 11.3 Å². The van der Waals surface area contributed by atoms with Crippen molar-refractivity contribution in [1.82, 2.24) is 0 Å². The standard InChI is InChI=1S/C17H12ClNO5/c18-13-14(19-11-8-4-5-9-12(11)20)17(24-16(13)22)23-15(21)10-6-2-1-3-7-10/h1-9,17,19-20H. The smallest absolute Gasteiger partial charge is 0.355 e. The lowest BCUT2D eigenvalue weighted by Crippen LogP contribution is -2.24. The van der Waals surface area contributed by atoms with Crippen molar-refractivity contribution in [1.29, 1.82) is 0 Å². The van der Waals surface area contributed by atoms with Gasteiger partial charge in [0.15, 0.2) is 5.03 Å². The monoisotopic (exact) mass is 345 g/mol. The van der Waals surface area contributed by atoms with Gasteiger partial charge in [0.25, 0.3) is 6.29 Å². The van der Waals surface area contributed by atoms with Crippen LogP contribution in [0.25, 0.3) is 0 Å². The Morgan fingerprint density at radius 2 is 1.79 bits per heavy atom. The van der Waals surface area contributed by atoms with Crippen molar-refractivity contribution in [3.05, 3.63) is 70.9 Å². The van der Waals surface area contributed by atoms with Gasteiger partial charge in [-0.1, -0.05) is 41.9 Å². The molecule has 6 nitrogen and oxygen atoms in total. The van der Waals surface area contributed by atoms with Crippen molar-refractivity contribution in [2.75, 3.05) is 5.32 Å². The molecular formula is C17H12ClNO5. The van der Waals surface area contributed by atoms with Gasteiger partial charge >= 0.3 is 11.9 Å². The number of rotatable bonds is 4. The van der Waals surface area contributed by atoms with E-state index in [0.717, 1.165) is 0 Å². The summed E-state index contributed by atoms with van der Waals surface area (Å²) in [5.41, 5.74) is 0.649. The minimum Gasteiger partial charge on any atom is -0.506 e. The van der Waals surface area contributed by atoms with Crippen LogP contribution < -0.4 is 5.32 Å². The number of carbonyl (C=O) groups excluding carboxylic acids is 2. The van der Waals surface area contributed by atoms with Crippen LogP contribution in [0.15, 0.2) is 65.3 Å². The largest absolute Gasteiger partial charge is 0.506 e. The lowest BCUT2D eigenvalue weighted by atomic mass is 10.2. The lowest BCUT2D eigenvalue weighted by molar-refractivity contribution is -0.152. The molecule has 2 aromatic carbocycles. The van der Waals surface area contributed by atoms with Crippen LogP contribution in [0.2, 0.25) is 0 Å². The number of esters is 2. The van der Waals surface area contributed by atoms with E-state index < -0.39 is 18.2 Å². The molecule has 0 spiro atoms. The molecule has 0 radical (unpaired) electrons. The fourth-order valence-electron chi connectivity index (χ4n) is 2.08. The van der Waals surface area contributed by atoms with Crippen molar-refractivity contribution in [2.45, 2.75) is 6.29 Å². The van der Waals surface area contributed by atoms with Gasteiger partial charge in [-0.2, -0.15) is 0 Å². The normalized spacial score (nSPS) is 16.7. The van der Waals surface area contributed by atoms with Crippen molar-refractivity contribution in [3.8, 4) is 5.75 Å². The first kappa shape index (κ1) is 15.9. The van der Waals surface area contributed by atoms with Crippen molar-refractivity contribution in [3.63, 3.8) is 0 Å². The molecule has 1 atom stereocenters. The third-order valence-corrected chi connectivity index (χ3v) is 3.62. The van der Waals surface area contributed by atoms with Gasteiger partial charge in [0.2, 0.25) is 0 Å². The van der Waals surface area contributed by atoms with Gasteiger partial charge in [-0.15, -0.1) is 0 Å². The molecule has 0 aromatic heterocycles. The first-order chi connectivity index (χ1) is 11.6. The number of ether oxygens (including phenoxy) is 2. The second-order valence-electron chi connectivity index (χ2n) is 4.88. The summed E-state index contributed by atoms with van der Waals surface area (Å²) in [6.45, 7) is 0. The second-order valence-corrected chi connectivity index (χ2v) is 5.26.